The number of nitrogens with zero attached hydrogens (tertiary/aromatic N) is 3. The van der Waals surface area contributed by atoms with Crippen LogP contribution in [-0.2, 0) is 0 Å². The summed E-state index contributed by atoms with van der Waals surface area (Å²) in [7, 11) is 1.97. The molecule has 5 rings (SSSR count). The minimum absolute atomic E-state index is 0.0398. The first-order valence-electron chi connectivity index (χ1n) is 8.54. The Morgan fingerprint density at radius 1 is 0.852 bits per heavy atom. The van der Waals surface area contributed by atoms with Crippen molar-refractivity contribution in [3.63, 3.8) is 0 Å². The van der Waals surface area contributed by atoms with Crippen LogP contribution in [0.3, 0.4) is 0 Å². The highest BCUT2D eigenvalue weighted by molar-refractivity contribution is 6.16. The third-order valence-corrected chi connectivity index (χ3v) is 5.43. The van der Waals surface area contributed by atoms with Crippen molar-refractivity contribution in [2.45, 2.75) is 12.1 Å². The maximum atomic E-state index is 10.9. The molecule has 1 unspecified atom stereocenters. The van der Waals surface area contributed by atoms with Gasteiger partial charge in [-0.25, -0.2) is 0 Å². The average Bonchev–Trinajstić information content (AvgIpc) is 3.15. The molecule has 0 amide bonds. The Kier molecular flexibility index (Phi) is 2.91. The minimum atomic E-state index is -0.685. The number of hydrogen-bond acceptors (Lipinski definition) is 8. The smallest absolute Gasteiger partial charge is 0.165 e. The zero-order valence-electron chi connectivity index (χ0n) is 14.4. The number of fused-ring (bicyclic) bond motifs is 4. The lowest BCUT2D eigenvalue weighted by molar-refractivity contribution is 0.375. The van der Waals surface area contributed by atoms with Gasteiger partial charge in [-0.15, -0.1) is 0 Å². The van der Waals surface area contributed by atoms with Crippen molar-refractivity contribution in [3.8, 4) is 28.7 Å². The summed E-state index contributed by atoms with van der Waals surface area (Å²) in [6, 6.07) is 3.83. The Morgan fingerprint density at radius 2 is 1.44 bits per heavy atom. The summed E-state index contributed by atoms with van der Waals surface area (Å²) >= 11 is 0. The van der Waals surface area contributed by atoms with Crippen LogP contribution >= 0.6 is 0 Å². The van der Waals surface area contributed by atoms with Gasteiger partial charge in [0.1, 0.15) is 28.7 Å². The summed E-state index contributed by atoms with van der Waals surface area (Å²) in [5.41, 5.74) is -0.685. The first-order valence-corrected chi connectivity index (χ1v) is 8.54. The molecule has 8 nitrogen and oxygen atoms in total. The molecular formula is C19H17N3O5. The Labute approximate surface area is 152 Å². The van der Waals surface area contributed by atoms with Gasteiger partial charge < -0.3 is 30.4 Å². The van der Waals surface area contributed by atoms with Crippen molar-refractivity contribution in [2.24, 2.45) is 9.98 Å². The van der Waals surface area contributed by atoms with Crippen LogP contribution in [-0.4, -0.2) is 56.2 Å². The summed E-state index contributed by atoms with van der Waals surface area (Å²) in [6.45, 7) is 1.43. The lowest BCUT2D eigenvalue weighted by atomic mass is 9.98. The van der Waals surface area contributed by atoms with Crippen molar-refractivity contribution in [1.82, 2.24) is 4.90 Å². The molecule has 3 aromatic rings. The number of phenolic OH excluding ortho intramolecular Hbond substituents is 5. The number of hydrogen-bond donors (Lipinski definition) is 5. The second-order valence-corrected chi connectivity index (χ2v) is 7.26. The molecule has 2 heterocycles. The first kappa shape index (κ1) is 16.0. The van der Waals surface area contributed by atoms with Crippen LogP contribution in [0, 0.1) is 0 Å². The predicted octanol–water partition coefficient (Wildman–Crippen LogP) is 0.806. The van der Waals surface area contributed by atoms with Gasteiger partial charge >= 0.3 is 0 Å². The molecule has 2 aliphatic heterocycles. The van der Waals surface area contributed by atoms with Crippen LogP contribution in [0.4, 0.5) is 0 Å². The Hall–Kier alpha value is -3.26. The second kappa shape index (κ2) is 4.92. The molecule has 2 aliphatic rings. The molecule has 5 N–H and O–H groups in total. The Balaban J connectivity index is 2.02. The largest absolute Gasteiger partial charge is 0.507 e. The number of benzene rings is 3. The van der Waals surface area contributed by atoms with Crippen LogP contribution in [0.15, 0.2) is 28.2 Å². The predicted molar refractivity (Wildman–Crippen MR) is 96.9 cm³/mol. The number of phenols is 5. The number of likely N-dealkylation sites (N-methyl/N-ethyl adjacent to an activating group) is 1. The van der Waals surface area contributed by atoms with Crippen LogP contribution in [0.1, 0.15) is 6.42 Å². The summed E-state index contributed by atoms with van der Waals surface area (Å²) in [6.07, 6.45) is 0.701. The van der Waals surface area contributed by atoms with Gasteiger partial charge in [0.25, 0.3) is 0 Å². The van der Waals surface area contributed by atoms with Crippen molar-refractivity contribution >= 4 is 21.5 Å². The standard InChI is InChI=1S/C19H17N3O5/c1-22-5-4-19(7-22)20-8-6-11(25)14-15(16(8)21-19)18(27)13-10(24)3-2-9(23)12(13)17(14)26/h2-3,6,23-27H,4-5,7H2,1H3. The van der Waals surface area contributed by atoms with E-state index in [9.17, 15) is 25.5 Å². The van der Waals surface area contributed by atoms with E-state index in [4.69, 9.17) is 4.99 Å². The molecular weight excluding hydrogens is 350 g/mol. The summed E-state index contributed by atoms with van der Waals surface area (Å²) in [4.78, 5) is 11.5. The van der Waals surface area contributed by atoms with Crippen molar-refractivity contribution < 1.29 is 25.5 Å². The summed E-state index contributed by atoms with van der Waals surface area (Å²) in [5, 5.41) is 53.1. The fraction of sp³-hybridized carbons (Fsp3) is 0.263. The molecule has 1 atom stereocenters. The van der Waals surface area contributed by atoms with E-state index in [-0.39, 0.29) is 44.5 Å². The van der Waals surface area contributed by atoms with Crippen molar-refractivity contribution in [2.75, 3.05) is 20.1 Å². The normalized spacial score (nSPS) is 21.7. The highest BCUT2D eigenvalue weighted by atomic mass is 16.3. The minimum Gasteiger partial charge on any atom is -0.507 e. The SMILES string of the molecule is CN1CCC2(C1)N=c1cc(O)c3c(O)c4c(O)ccc(O)c4c(O)c3c1=N2. The maximum absolute atomic E-state index is 10.9. The Bertz CT molecular complexity index is 1290. The van der Waals surface area contributed by atoms with Crippen LogP contribution in [0.2, 0.25) is 0 Å². The molecule has 3 aromatic carbocycles. The van der Waals surface area contributed by atoms with E-state index in [1.54, 1.807) is 0 Å². The van der Waals surface area contributed by atoms with E-state index in [1.807, 2.05) is 7.05 Å². The molecule has 1 saturated heterocycles. The molecule has 0 aromatic heterocycles. The first-order chi connectivity index (χ1) is 12.8. The summed E-state index contributed by atoms with van der Waals surface area (Å²) in [5.74, 6) is -1.73. The van der Waals surface area contributed by atoms with Crippen molar-refractivity contribution in [1.29, 1.82) is 0 Å². The molecule has 8 heteroatoms. The third-order valence-electron chi connectivity index (χ3n) is 5.43. The van der Waals surface area contributed by atoms with Gasteiger partial charge in [0, 0.05) is 25.6 Å². The fourth-order valence-corrected chi connectivity index (χ4v) is 4.22. The summed E-state index contributed by atoms with van der Waals surface area (Å²) < 4.78 is 0. The molecule has 0 aliphatic carbocycles. The van der Waals surface area contributed by atoms with Gasteiger partial charge in [0.2, 0.25) is 0 Å². The zero-order chi connectivity index (χ0) is 19.1. The average molecular weight is 367 g/mol. The van der Waals surface area contributed by atoms with E-state index in [0.29, 0.717) is 23.7 Å². The zero-order valence-corrected chi connectivity index (χ0v) is 14.4. The second-order valence-electron chi connectivity index (χ2n) is 7.26. The topological polar surface area (TPSA) is 129 Å². The van der Waals surface area contributed by atoms with Crippen molar-refractivity contribution in [3.05, 3.63) is 28.9 Å². The fourth-order valence-electron chi connectivity index (χ4n) is 4.22. The molecule has 138 valence electrons. The quantitative estimate of drug-likeness (QED) is 0.295. The van der Waals surface area contributed by atoms with E-state index < -0.39 is 11.4 Å². The molecule has 0 radical (unpaired) electrons. The van der Waals surface area contributed by atoms with E-state index >= 15 is 0 Å². The monoisotopic (exact) mass is 367 g/mol. The van der Waals surface area contributed by atoms with Crippen LogP contribution < -0.4 is 10.7 Å². The molecule has 0 bridgehead atoms. The number of likely N-dealkylation sites (tertiary alicyclic amines) is 1. The molecule has 1 fully saturated rings. The lowest BCUT2D eigenvalue weighted by Gasteiger charge is -2.15. The van der Waals surface area contributed by atoms with Gasteiger partial charge in [-0.3, -0.25) is 9.98 Å². The van der Waals surface area contributed by atoms with E-state index in [1.165, 1.54) is 18.2 Å². The van der Waals surface area contributed by atoms with Gasteiger partial charge in [-0.2, -0.15) is 0 Å². The van der Waals surface area contributed by atoms with Crippen LogP contribution in [0.25, 0.3) is 21.5 Å². The highest BCUT2D eigenvalue weighted by Gasteiger charge is 2.38. The van der Waals surface area contributed by atoms with Crippen LogP contribution in [0.5, 0.6) is 28.7 Å². The van der Waals surface area contributed by atoms with E-state index in [2.05, 4.69) is 9.89 Å². The molecule has 1 spiro atoms. The van der Waals surface area contributed by atoms with Gasteiger partial charge in [0.05, 0.1) is 32.3 Å². The number of aromatic hydroxyl groups is 5. The molecule has 0 saturated carbocycles. The third kappa shape index (κ3) is 1.95. The van der Waals surface area contributed by atoms with Gasteiger partial charge in [-0.1, -0.05) is 0 Å². The Morgan fingerprint density at radius 3 is 2.04 bits per heavy atom. The van der Waals surface area contributed by atoms with Gasteiger partial charge in [-0.05, 0) is 19.2 Å². The van der Waals surface area contributed by atoms with Gasteiger partial charge in [0.15, 0.2) is 5.66 Å². The highest BCUT2D eigenvalue weighted by Crippen LogP contribution is 2.49. The maximum Gasteiger partial charge on any atom is 0.165 e. The molecule has 27 heavy (non-hydrogen) atoms. The van der Waals surface area contributed by atoms with E-state index in [0.717, 1.165) is 6.54 Å². The number of rotatable bonds is 0. The lowest BCUT2D eigenvalue weighted by Crippen LogP contribution is -2.27.